The Bertz CT molecular complexity index is 1020. The van der Waals surface area contributed by atoms with Crippen molar-refractivity contribution >= 4 is 43.5 Å². The molecule has 0 spiro atoms. The van der Waals surface area contributed by atoms with Crippen LogP contribution in [-0.2, 0) is 30.9 Å². The minimum absolute atomic E-state index is 0.0312. The van der Waals surface area contributed by atoms with Gasteiger partial charge in [-0.25, -0.2) is 18.0 Å². The van der Waals surface area contributed by atoms with E-state index in [0.29, 0.717) is 5.56 Å². The van der Waals surface area contributed by atoms with Crippen molar-refractivity contribution in [3.63, 3.8) is 0 Å². The number of ether oxygens (including phenoxy) is 1. The molecule has 0 aliphatic carbocycles. The molecule has 1 unspecified atom stereocenters. The molecule has 174 valence electrons. The maximum atomic E-state index is 12.5. The Morgan fingerprint density at radius 3 is 2.28 bits per heavy atom. The molecule has 2 rings (SSSR count). The van der Waals surface area contributed by atoms with Crippen molar-refractivity contribution in [2.24, 2.45) is 0 Å². The second kappa shape index (κ2) is 11.6. The second-order valence-corrected chi connectivity index (χ2v) is 12.5. The first kappa shape index (κ1) is 26.1. The standard InChI is InChI=1S/C22H27NO6S3/c1-22(2,3)29-21(26)23-19(20(24)25)13-30-31-18-11-7-10-17(12-18)15-32(27,28)14-16-8-5-4-6-9-16/h4-12,19H,13-15H2,1-3H3,(H,23,26)(H,24,25). The molecular formula is C22H27NO6S3. The summed E-state index contributed by atoms with van der Waals surface area (Å²) in [7, 11) is -0.768. The van der Waals surface area contributed by atoms with Gasteiger partial charge in [0.15, 0.2) is 9.84 Å². The molecule has 0 aliphatic rings. The van der Waals surface area contributed by atoms with E-state index in [4.69, 9.17) is 4.74 Å². The molecule has 1 atom stereocenters. The van der Waals surface area contributed by atoms with Gasteiger partial charge in [0, 0.05) is 10.6 Å². The number of benzene rings is 2. The van der Waals surface area contributed by atoms with Crippen molar-refractivity contribution in [1.82, 2.24) is 5.32 Å². The molecule has 0 radical (unpaired) electrons. The largest absolute Gasteiger partial charge is 0.480 e. The number of carbonyl (C=O) groups excluding carboxylic acids is 1. The first-order valence-corrected chi connectivity index (χ1v) is 13.9. The molecule has 2 aromatic carbocycles. The molecule has 10 heteroatoms. The number of nitrogens with one attached hydrogen (secondary N) is 1. The molecule has 7 nitrogen and oxygen atoms in total. The molecule has 32 heavy (non-hydrogen) atoms. The lowest BCUT2D eigenvalue weighted by Gasteiger charge is -2.21. The number of alkyl carbamates (subject to hydrolysis) is 1. The van der Waals surface area contributed by atoms with Crippen LogP contribution >= 0.6 is 21.6 Å². The maximum absolute atomic E-state index is 12.5. The van der Waals surface area contributed by atoms with Gasteiger partial charge in [-0.2, -0.15) is 0 Å². The van der Waals surface area contributed by atoms with Crippen LogP contribution < -0.4 is 5.32 Å². The Morgan fingerprint density at radius 1 is 1.03 bits per heavy atom. The highest BCUT2D eigenvalue weighted by atomic mass is 33.1. The van der Waals surface area contributed by atoms with Crippen molar-refractivity contribution in [3.8, 4) is 0 Å². The quantitative estimate of drug-likeness (QED) is 0.461. The Morgan fingerprint density at radius 2 is 1.66 bits per heavy atom. The normalized spacial score (nSPS) is 12.7. The van der Waals surface area contributed by atoms with E-state index in [0.717, 1.165) is 10.5 Å². The van der Waals surface area contributed by atoms with Crippen molar-refractivity contribution in [3.05, 3.63) is 65.7 Å². The van der Waals surface area contributed by atoms with Gasteiger partial charge >= 0.3 is 12.1 Å². The average Bonchev–Trinajstić information content (AvgIpc) is 2.66. The van der Waals surface area contributed by atoms with E-state index in [9.17, 15) is 23.1 Å². The van der Waals surface area contributed by atoms with Crippen molar-refractivity contribution in [2.75, 3.05) is 5.75 Å². The summed E-state index contributed by atoms with van der Waals surface area (Å²) in [6.45, 7) is 5.08. The number of sulfone groups is 1. The summed E-state index contributed by atoms with van der Waals surface area (Å²) in [5.74, 6) is -1.17. The van der Waals surface area contributed by atoms with Gasteiger partial charge in [-0.3, -0.25) is 0 Å². The van der Waals surface area contributed by atoms with Crippen LogP contribution in [0, 0.1) is 0 Å². The summed E-state index contributed by atoms with van der Waals surface area (Å²) in [5, 5.41) is 11.7. The zero-order chi connectivity index (χ0) is 23.8. The first-order valence-electron chi connectivity index (χ1n) is 9.79. The number of carboxylic acid groups (broad SMARTS) is 1. The van der Waals surface area contributed by atoms with Crippen LogP contribution in [-0.4, -0.2) is 43.0 Å². The fourth-order valence-electron chi connectivity index (χ4n) is 2.61. The molecular weight excluding hydrogens is 470 g/mol. The maximum Gasteiger partial charge on any atom is 0.408 e. The van der Waals surface area contributed by atoms with Gasteiger partial charge in [-0.05, 0) is 44.0 Å². The van der Waals surface area contributed by atoms with E-state index < -0.39 is 33.5 Å². The smallest absolute Gasteiger partial charge is 0.408 e. The molecule has 2 aromatic rings. The van der Waals surface area contributed by atoms with Crippen LogP contribution in [0.4, 0.5) is 4.79 Å². The Labute approximate surface area is 196 Å². The molecule has 0 aliphatic heterocycles. The summed E-state index contributed by atoms with van der Waals surface area (Å²) >= 11 is 0. The topological polar surface area (TPSA) is 110 Å². The average molecular weight is 498 g/mol. The van der Waals surface area contributed by atoms with Crippen LogP contribution in [0.2, 0.25) is 0 Å². The fraction of sp³-hybridized carbons (Fsp3) is 0.364. The zero-order valence-corrected chi connectivity index (χ0v) is 20.6. The minimum Gasteiger partial charge on any atom is -0.480 e. The monoisotopic (exact) mass is 497 g/mol. The number of carbonyl (C=O) groups is 2. The van der Waals surface area contributed by atoms with E-state index >= 15 is 0 Å². The van der Waals surface area contributed by atoms with Crippen molar-refractivity contribution < 1.29 is 27.9 Å². The van der Waals surface area contributed by atoms with Crippen LogP contribution in [0.5, 0.6) is 0 Å². The number of carboxylic acids is 1. The van der Waals surface area contributed by atoms with Gasteiger partial charge in [0.25, 0.3) is 0 Å². The Hall–Kier alpha value is -2.17. The molecule has 0 bridgehead atoms. The minimum atomic E-state index is -3.33. The number of hydrogen-bond acceptors (Lipinski definition) is 7. The summed E-state index contributed by atoms with van der Waals surface area (Å²) in [6, 6.07) is 15.0. The number of amides is 1. The van der Waals surface area contributed by atoms with Gasteiger partial charge in [-0.1, -0.05) is 64.1 Å². The molecule has 0 aromatic heterocycles. The highest BCUT2D eigenvalue weighted by molar-refractivity contribution is 8.76. The third kappa shape index (κ3) is 9.97. The molecule has 0 heterocycles. The van der Waals surface area contributed by atoms with Gasteiger partial charge in [0.05, 0.1) is 11.5 Å². The van der Waals surface area contributed by atoms with Crippen LogP contribution in [0.1, 0.15) is 31.9 Å². The molecule has 0 fully saturated rings. The van der Waals surface area contributed by atoms with E-state index in [-0.39, 0.29) is 17.3 Å². The van der Waals surface area contributed by atoms with Crippen molar-refractivity contribution in [2.45, 2.75) is 48.8 Å². The van der Waals surface area contributed by atoms with Crippen LogP contribution in [0.25, 0.3) is 0 Å². The SMILES string of the molecule is CC(C)(C)OC(=O)NC(CSSc1cccc(CS(=O)(=O)Cc2ccccc2)c1)C(=O)O. The van der Waals surface area contributed by atoms with Gasteiger partial charge < -0.3 is 15.2 Å². The molecule has 0 saturated heterocycles. The number of hydrogen-bond donors (Lipinski definition) is 2. The predicted octanol–water partition coefficient (Wildman–Crippen LogP) is 4.52. The number of aliphatic carboxylic acids is 1. The van der Waals surface area contributed by atoms with E-state index in [1.54, 1.807) is 63.2 Å². The summed E-state index contributed by atoms with van der Waals surface area (Å²) in [6.07, 6.45) is -0.791. The molecule has 1 amide bonds. The van der Waals surface area contributed by atoms with Gasteiger partial charge in [-0.15, -0.1) is 0 Å². The third-order valence-electron chi connectivity index (χ3n) is 3.89. The predicted molar refractivity (Wildman–Crippen MR) is 128 cm³/mol. The third-order valence-corrected chi connectivity index (χ3v) is 7.81. The summed E-state index contributed by atoms with van der Waals surface area (Å²) in [5.41, 5.74) is 0.676. The van der Waals surface area contributed by atoms with E-state index in [2.05, 4.69) is 5.32 Å². The van der Waals surface area contributed by atoms with Crippen molar-refractivity contribution in [1.29, 1.82) is 0 Å². The zero-order valence-electron chi connectivity index (χ0n) is 18.1. The van der Waals surface area contributed by atoms with Gasteiger partial charge in [0.1, 0.15) is 11.6 Å². The highest BCUT2D eigenvalue weighted by Gasteiger charge is 2.24. The van der Waals surface area contributed by atoms with Crippen LogP contribution in [0.15, 0.2) is 59.5 Å². The summed E-state index contributed by atoms with van der Waals surface area (Å²) < 4.78 is 30.2. The highest BCUT2D eigenvalue weighted by Crippen LogP contribution is 2.32. The van der Waals surface area contributed by atoms with E-state index in [1.165, 1.54) is 21.6 Å². The second-order valence-electron chi connectivity index (χ2n) is 8.07. The Balaban J connectivity index is 1.91. The first-order chi connectivity index (χ1) is 14.9. The van der Waals surface area contributed by atoms with E-state index in [1.807, 2.05) is 12.1 Å². The van der Waals surface area contributed by atoms with Crippen LogP contribution in [0.3, 0.4) is 0 Å². The lowest BCUT2D eigenvalue weighted by molar-refractivity contribution is -0.138. The molecule has 2 N–H and O–H groups in total. The van der Waals surface area contributed by atoms with Gasteiger partial charge in [0.2, 0.25) is 0 Å². The lowest BCUT2D eigenvalue weighted by atomic mass is 10.2. The number of rotatable bonds is 10. The molecule has 0 saturated carbocycles. The lowest BCUT2D eigenvalue weighted by Crippen LogP contribution is -2.44. The fourth-order valence-corrected chi connectivity index (χ4v) is 6.34. The Kier molecular flexibility index (Phi) is 9.47. The summed E-state index contributed by atoms with van der Waals surface area (Å²) in [4.78, 5) is 24.1.